The number of aliphatic imine (C=N–C) groups is 2. The van der Waals surface area contributed by atoms with Gasteiger partial charge in [-0.25, -0.2) is 0 Å². The molecule has 2 unspecified atom stereocenters. The van der Waals surface area contributed by atoms with Crippen molar-refractivity contribution in [2.75, 3.05) is 13.1 Å². The van der Waals surface area contributed by atoms with Crippen LogP contribution in [0.5, 0.6) is 0 Å². The van der Waals surface area contributed by atoms with Gasteiger partial charge in [-0.15, -0.1) is 0 Å². The lowest BCUT2D eigenvalue weighted by Crippen LogP contribution is -2.43. The molecule has 0 aromatic heterocycles. The van der Waals surface area contributed by atoms with Crippen molar-refractivity contribution >= 4 is 29.4 Å². The highest BCUT2D eigenvalue weighted by atomic mass is 16.2. The number of carbonyl (C=O) groups excluding carboxylic acids is 3. The van der Waals surface area contributed by atoms with Crippen LogP contribution in [-0.4, -0.2) is 48.5 Å². The molecule has 0 aliphatic rings. The van der Waals surface area contributed by atoms with Gasteiger partial charge in [-0.05, 0) is 13.3 Å². The van der Waals surface area contributed by atoms with E-state index in [2.05, 4.69) is 15.3 Å². The summed E-state index contributed by atoms with van der Waals surface area (Å²) in [5.41, 5.74) is 21.0. The van der Waals surface area contributed by atoms with Crippen LogP contribution < -0.4 is 28.3 Å². The summed E-state index contributed by atoms with van der Waals surface area (Å²) in [4.78, 5) is 44.1. The molecule has 0 spiro atoms. The topological polar surface area (TPSA) is 192 Å². The minimum absolute atomic E-state index is 0.0402. The lowest BCUT2D eigenvalue weighted by molar-refractivity contribution is -0.133. The lowest BCUT2D eigenvalue weighted by atomic mass is 9.92. The highest BCUT2D eigenvalue weighted by Crippen LogP contribution is 2.14. The van der Waals surface area contributed by atoms with Crippen LogP contribution in [0.2, 0.25) is 0 Å². The number of hydrogen-bond acceptors (Lipinski definition) is 5. The largest absolute Gasteiger partial charge is 0.370 e. The molecule has 0 aromatic rings. The van der Waals surface area contributed by atoms with E-state index in [0.717, 1.165) is 0 Å². The number of ketones is 2. The zero-order valence-corrected chi connectivity index (χ0v) is 15.7. The van der Waals surface area contributed by atoms with E-state index in [1.165, 1.54) is 0 Å². The summed E-state index contributed by atoms with van der Waals surface area (Å²) in [5, 5.41) is 2.64. The Balaban J connectivity index is 4.81. The highest BCUT2D eigenvalue weighted by Gasteiger charge is 2.25. The Kier molecular flexibility index (Phi) is 10.6. The van der Waals surface area contributed by atoms with Gasteiger partial charge in [0.2, 0.25) is 5.91 Å². The standard InChI is InChI=1S/C16H31N7O3/c1-9(2)13(25)8-11(4-6-21-15(17)18)14(26)23-10(3)12(24)5-7-22-16(19)20/h9-11H,4-8H2,1-3H3,(H,23,26)(H4,17,18,21)(H4,19,20,22). The number of nitrogens with two attached hydrogens (primary N) is 4. The number of Topliss-reactive ketones (excluding diaryl/α,β-unsaturated/α-hetero) is 2. The molecule has 0 radical (unpaired) electrons. The Hall–Kier alpha value is -2.65. The van der Waals surface area contributed by atoms with Gasteiger partial charge in [-0.3, -0.25) is 24.4 Å². The Labute approximate surface area is 153 Å². The number of nitrogens with one attached hydrogen (secondary N) is 1. The normalized spacial score (nSPS) is 12.8. The first-order valence-corrected chi connectivity index (χ1v) is 8.51. The molecule has 0 aliphatic carbocycles. The fourth-order valence-corrected chi connectivity index (χ4v) is 2.08. The Bertz CT molecular complexity index is 550. The second-order valence-corrected chi connectivity index (χ2v) is 6.37. The molecule has 9 N–H and O–H groups in total. The SMILES string of the molecule is CC(C)C(=O)CC(CCN=C(N)N)C(=O)NC(C)C(=O)CCN=C(N)N. The van der Waals surface area contributed by atoms with Crippen LogP contribution in [0, 0.1) is 11.8 Å². The van der Waals surface area contributed by atoms with E-state index < -0.39 is 12.0 Å². The monoisotopic (exact) mass is 369 g/mol. The van der Waals surface area contributed by atoms with E-state index in [0.29, 0.717) is 6.42 Å². The van der Waals surface area contributed by atoms with Crippen LogP contribution in [0.4, 0.5) is 0 Å². The number of rotatable bonds is 12. The maximum absolute atomic E-state index is 12.5. The summed E-state index contributed by atoms with van der Waals surface area (Å²) in [5.74, 6) is -1.60. The summed E-state index contributed by atoms with van der Waals surface area (Å²) >= 11 is 0. The van der Waals surface area contributed by atoms with E-state index in [-0.39, 0.29) is 61.2 Å². The Morgan fingerprint density at radius 3 is 1.92 bits per heavy atom. The zero-order chi connectivity index (χ0) is 20.3. The van der Waals surface area contributed by atoms with Crippen LogP contribution in [0.25, 0.3) is 0 Å². The molecule has 0 aliphatic heterocycles. The minimum atomic E-state index is -0.712. The van der Waals surface area contributed by atoms with Crippen molar-refractivity contribution in [3.8, 4) is 0 Å². The van der Waals surface area contributed by atoms with Crippen LogP contribution in [0.15, 0.2) is 9.98 Å². The lowest BCUT2D eigenvalue weighted by Gasteiger charge is -2.19. The van der Waals surface area contributed by atoms with Gasteiger partial charge in [0, 0.05) is 37.8 Å². The Morgan fingerprint density at radius 2 is 1.42 bits per heavy atom. The van der Waals surface area contributed by atoms with Crippen molar-refractivity contribution in [3.05, 3.63) is 0 Å². The van der Waals surface area contributed by atoms with Crippen LogP contribution in [0.1, 0.15) is 40.0 Å². The molecule has 0 heterocycles. The van der Waals surface area contributed by atoms with Crippen molar-refractivity contribution in [2.45, 2.75) is 46.1 Å². The van der Waals surface area contributed by atoms with Crippen molar-refractivity contribution in [1.82, 2.24) is 5.32 Å². The van der Waals surface area contributed by atoms with Crippen molar-refractivity contribution < 1.29 is 14.4 Å². The molecular formula is C16H31N7O3. The second kappa shape index (κ2) is 11.8. The summed E-state index contributed by atoms with van der Waals surface area (Å²) in [6, 6.07) is -0.712. The molecule has 2 atom stereocenters. The number of nitrogens with zero attached hydrogens (tertiary/aromatic N) is 2. The Morgan fingerprint density at radius 1 is 0.885 bits per heavy atom. The minimum Gasteiger partial charge on any atom is -0.370 e. The maximum atomic E-state index is 12.5. The average molecular weight is 369 g/mol. The first kappa shape index (κ1) is 23.4. The van der Waals surface area contributed by atoms with Gasteiger partial charge in [-0.1, -0.05) is 13.8 Å². The average Bonchev–Trinajstić information content (AvgIpc) is 2.52. The molecule has 0 saturated carbocycles. The van der Waals surface area contributed by atoms with Crippen LogP contribution >= 0.6 is 0 Å². The summed E-state index contributed by atoms with van der Waals surface area (Å²) in [6.07, 6.45) is 0.471. The first-order valence-electron chi connectivity index (χ1n) is 8.51. The maximum Gasteiger partial charge on any atom is 0.224 e. The number of carbonyl (C=O) groups is 3. The van der Waals surface area contributed by atoms with E-state index in [1.807, 2.05) is 0 Å². The number of hydrogen-bond donors (Lipinski definition) is 5. The molecule has 26 heavy (non-hydrogen) atoms. The number of amides is 1. The quantitative estimate of drug-likeness (QED) is 0.206. The van der Waals surface area contributed by atoms with Crippen LogP contribution in [0.3, 0.4) is 0 Å². The van der Waals surface area contributed by atoms with E-state index in [4.69, 9.17) is 22.9 Å². The predicted octanol–water partition coefficient (Wildman–Crippen LogP) is -1.38. The summed E-state index contributed by atoms with van der Waals surface area (Å²) in [6.45, 7) is 5.49. The molecule has 148 valence electrons. The molecule has 10 nitrogen and oxygen atoms in total. The molecule has 0 aromatic carbocycles. The van der Waals surface area contributed by atoms with Crippen LogP contribution in [-0.2, 0) is 14.4 Å². The smallest absolute Gasteiger partial charge is 0.224 e. The second-order valence-electron chi connectivity index (χ2n) is 6.37. The third-order valence-electron chi connectivity index (χ3n) is 3.73. The van der Waals surface area contributed by atoms with Gasteiger partial charge >= 0.3 is 0 Å². The van der Waals surface area contributed by atoms with Gasteiger partial charge < -0.3 is 28.3 Å². The van der Waals surface area contributed by atoms with E-state index in [9.17, 15) is 14.4 Å². The first-order chi connectivity index (χ1) is 12.0. The molecular weight excluding hydrogens is 338 g/mol. The van der Waals surface area contributed by atoms with Gasteiger partial charge in [0.05, 0.1) is 6.04 Å². The van der Waals surface area contributed by atoms with Gasteiger partial charge in [0.15, 0.2) is 17.7 Å². The molecule has 0 saturated heterocycles. The summed E-state index contributed by atoms with van der Waals surface area (Å²) in [7, 11) is 0. The fourth-order valence-electron chi connectivity index (χ4n) is 2.08. The van der Waals surface area contributed by atoms with Gasteiger partial charge in [0.25, 0.3) is 0 Å². The third kappa shape index (κ3) is 10.3. The molecule has 1 amide bonds. The van der Waals surface area contributed by atoms with E-state index in [1.54, 1.807) is 20.8 Å². The van der Waals surface area contributed by atoms with Crippen molar-refractivity contribution in [3.63, 3.8) is 0 Å². The molecule has 0 bridgehead atoms. The number of guanidine groups is 2. The highest BCUT2D eigenvalue weighted by molar-refractivity contribution is 5.92. The van der Waals surface area contributed by atoms with Crippen molar-refractivity contribution in [2.24, 2.45) is 44.8 Å². The molecule has 0 rings (SSSR count). The summed E-state index contributed by atoms with van der Waals surface area (Å²) < 4.78 is 0. The van der Waals surface area contributed by atoms with Gasteiger partial charge in [0.1, 0.15) is 5.78 Å². The molecule has 0 fully saturated rings. The van der Waals surface area contributed by atoms with E-state index >= 15 is 0 Å². The third-order valence-corrected chi connectivity index (χ3v) is 3.73. The van der Waals surface area contributed by atoms with Gasteiger partial charge in [-0.2, -0.15) is 0 Å². The fraction of sp³-hybridized carbons (Fsp3) is 0.688. The predicted molar refractivity (Wildman–Crippen MR) is 101 cm³/mol. The molecule has 10 heteroatoms. The zero-order valence-electron chi connectivity index (χ0n) is 15.7. The van der Waals surface area contributed by atoms with Crippen molar-refractivity contribution in [1.29, 1.82) is 0 Å².